The highest BCUT2D eigenvalue weighted by Gasteiger charge is 2.13. The van der Waals surface area contributed by atoms with Gasteiger partial charge in [-0.05, 0) is 24.3 Å². The fourth-order valence-corrected chi connectivity index (χ4v) is 2.12. The van der Waals surface area contributed by atoms with Crippen LogP contribution in [0.2, 0.25) is 0 Å². The first-order valence-corrected chi connectivity index (χ1v) is 6.44. The molecule has 100 valence electrons. The summed E-state index contributed by atoms with van der Waals surface area (Å²) in [7, 11) is 0. The van der Waals surface area contributed by atoms with Crippen LogP contribution in [0.25, 0.3) is 11.0 Å². The van der Waals surface area contributed by atoms with Crippen molar-refractivity contribution >= 4 is 11.0 Å². The first kappa shape index (κ1) is 12.7. The zero-order valence-electron chi connectivity index (χ0n) is 10.9. The molecule has 3 aromatic rings. The third-order valence-electron chi connectivity index (χ3n) is 3.16. The average Bonchev–Trinajstić information content (AvgIpc) is 2.53. The van der Waals surface area contributed by atoms with Gasteiger partial charge in [-0.1, -0.05) is 18.2 Å². The summed E-state index contributed by atoms with van der Waals surface area (Å²) in [6, 6.07) is 13.5. The molecule has 2 heterocycles. The van der Waals surface area contributed by atoms with Crippen LogP contribution in [0.5, 0.6) is 0 Å². The molecule has 2 aromatic heterocycles. The van der Waals surface area contributed by atoms with Gasteiger partial charge in [0.1, 0.15) is 0 Å². The van der Waals surface area contributed by atoms with Gasteiger partial charge in [0.25, 0.3) is 0 Å². The van der Waals surface area contributed by atoms with Crippen LogP contribution < -0.4 is 11.3 Å². The second-order valence-corrected chi connectivity index (χ2v) is 4.53. The molecular weight excluding hydrogens is 250 g/mol. The van der Waals surface area contributed by atoms with E-state index in [1.807, 2.05) is 42.5 Å². The molecule has 3 N–H and O–H groups in total. The molecule has 0 saturated carbocycles. The molecule has 0 bridgehead atoms. The van der Waals surface area contributed by atoms with Crippen LogP contribution in [0.4, 0.5) is 0 Å². The molecule has 0 aliphatic rings. The van der Waals surface area contributed by atoms with E-state index in [1.54, 1.807) is 12.4 Å². The number of rotatable bonds is 4. The number of nitrogens with zero attached hydrogens (tertiary/aromatic N) is 3. The van der Waals surface area contributed by atoms with Gasteiger partial charge in [0, 0.05) is 18.3 Å². The zero-order chi connectivity index (χ0) is 13.8. The Labute approximate surface area is 116 Å². The number of benzene rings is 1. The van der Waals surface area contributed by atoms with Gasteiger partial charge in [0.2, 0.25) is 0 Å². The highest BCUT2D eigenvalue weighted by atomic mass is 15.2. The summed E-state index contributed by atoms with van der Waals surface area (Å²) in [6.45, 7) is 0. The average molecular weight is 265 g/mol. The lowest BCUT2D eigenvalue weighted by atomic mass is 10.1. The van der Waals surface area contributed by atoms with E-state index in [-0.39, 0.29) is 6.04 Å². The van der Waals surface area contributed by atoms with Crippen molar-refractivity contribution in [1.82, 2.24) is 20.4 Å². The van der Waals surface area contributed by atoms with Crippen molar-refractivity contribution in [3.05, 3.63) is 66.2 Å². The Morgan fingerprint density at radius 3 is 2.55 bits per heavy atom. The number of nitrogens with two attached hydrogens (primary N) is 1. The van der Waals surface area contributed by atoms with Gasteiger partial charge < -0.3 is 0 Å². The zero-order valence-corrected chi connectivity index (χ0v) is 10.9. The number of hydrogen-bond donors (Lipinski definition) is 2. The minimum atomic E-state index is -0.109. The van der Waals surface area contributed by atoms with E-state index in [0.717, 1.165) is 22.4 Å². The molecule has 0 aliphatic heterocycles. The summed E-state index contributed by atoms with van der Waals surface area (Å²) in [4.78, 5) is 13.3. The smallest absolute Gasteiger partial charge is 0.0890 e. The molecule has 0 fully saturated rings. The van der Waals surface area contributed by atoms with E-state index in [4.69, 9.17) is 5.84 Å². The molecule has 20 heavy (non-hydrogen) atoms. The van der Waals surface area contributed by atoms with Crippen LogP contribution in [0.3, 0.4) is 0 Å². The Hall–Kier alpha value is -2.37. The molecule has 0 aliphatic carbocycles. The number of para-hydroxylation sites is 2. The van der Waals surface area contributed by atoms with Gasteiger partial charge in [-0.2, -0.15) is 0 Å². The highest BCUT2D eigenvalue weighted by molar-refractivity contribution is 5.73. The quantitative estimate of drug-likeness (QED) is 0.555. The molecule has 0 amide bonds. The Bertz CT molecular complexity index is 699. The predicted octanol–water partition coefficient (Wildman–Crippen LogP) is 1.77. The summed E-state index contributed by atoms with van der Waals surface area (Å²) in [5.74, 6) is 5.65. The molecule has 0 radical (unpaired) electrons. The van der Waals surface area contributed by atoms with Crippen LogP contribution in [0.15, 0.2) is 54.9 Å². The lowest BCUT2D eigenvalue weighted by Crippen LogP contribution is -2.30. The fraction of sp³-hybridized carbons (Fsp3) is 0.133. The van der Waals surface area contributed by atoms with Crippen LogP contribution in [-0.4, -0.2) is 15.0 Å². The summed E-state index contributed by atoms with van der Waals surface area (Å²) < 4.78 is 0. The minimum absolute atomic E-state index is 0.109. The van der Waals surface area contributed by atoms with Crippen molar-refractivity contribution < 1.29 is 0 Å². The Morgan fingerprint density at radius 1 is 1.00 bits per heavy atom. The number of hydrazine groups is 1. The van der Waals surface area contributed by atoms with Crippen molar-refractivity contribution in [2.75, 3.05) is 0 Å². The van der Waals surface area contributed by atoms with Crippen LogP contribution in [0.1, 0.15) is 17.4 Å². The SMILES string of the molecule is NNC(Cc1ccccn1)c1cnc2ccccc2n1. The van der Waals surface area contributed by atoms with Crippen molar-refractivity contribution in [2.24, 2.45) is 5.84 Å². The van der Waals surface area contributed by atoms with E-state index < -0.39 is 0 Å². The van der Waals surface area contributed by atoms with Crippen molar-refractivity contribution in [3.8, 4) is 0 Å². The second-order valence-electron chi connectivity index (χ2n) is 4.53. The number of hydrogen-bond acceptors (Lipinski definition) is 5. The summed E-state index contributed by atoms with van der Waals surface area (Å²) >= 11 is 0. The summed E-state index contributed by atoms with van der Waals surface area (Å²) in [6.07, 6.45) is 4.20. The van der Waals surface area contributed by atoms with Crippen molar-refractivity contribution in [1.29, 1.82) is 0 Å². The number of fused-ring (bicyclic) bond motifs is 1. The minimum Gasteiger partial charge on any atom is -0.271 e. The monoisotopic (exact) mass is 265 g/mol. The van der Waals surface area contributed by atoms with Crippen molar-refractivity contribution in [2.45, 2.75) is 12.5 Å². The first-order chi connectivity index (χ1) is 9.86. The predicted molar refractivity (Wildman–Crippen MR) is 77.5 cm³/mol. The van der Waals surface area contributed by atoms with E-state index >= 15 is 0 Å². The maximum Gasteiger partial charge on any atom is 0.0890 e. The molecule has 5 nitrogen and oxygen atoms in total. The van der Waals surface area contributed by atoms with Gasteiger partial charge in [-0.15, -0.1) is 0 Å². The largest absolute Gasteiger partial charge is 0.271 e. The van der Waals surface area contributed by atoms with E-state index in [2.05, 4.69) is 20.4 Å². The molecule has 1 atom stereocenters. The van der Waals surface area contributed by atoms with Gasteiger partial charge in [0.05, 0.1) is 29.0 Å². The maximum absolute atomic E-state index is 5.65. The maximum atomic E-state index is 5.65. The van der Waals surface area contributed by atoms with Crippen molar-refractivity contribution in [3.63, 3.8) is 0 Å². The summed E-state index contributed by atoms with van der Waals surface area (Å²) in [5, 5.41) is 0. The first-order valence-electron chi connectivity index (χ1n) is 6.44. The van der Waals surface area contributed by atoms with E-state index in [9.17, 15) is 0 Å². The van der Waals surface area contributed by atoms with E-state index in [1.165, 1.54) is 0 Å². The Morgan fingerprint density at radius 2 is 1.80 bits per heavy atom. The molecule has 0 spiro atoms. The van der Waals surface area contributed by atoms with Crippen LogP contribution in [-0.2, 0) is 6.42 Å². The third-order valence-corrected chi connectivity index (χ3v) is 3.16. The summed E-state index contributed by atoms with van der Waals surface area (Å²) in [5.41, 5.74) is 6.32. The standard InChI is InChI=1S/C15H15N5/c16-20-14(9-11-5-3-4-8-17-11)15-10-18-12-6-1-2-7-13(12)19-15/h1-8,10,14,20H,9,16H2. The normalized spacial score (nSPS) is 12.4. The fourth-order valence-electron chi connectivity index (χ4n) is 2.12. The van der Waals surface area contributed by atoms with Gasteiger partial charge >= 0.3 is 0 Å². The number of nitrogens with one attached hydrogen (secondary N) is 1. The molecular formula is C15H15N5. The van der Waals surface area contributed by atoms with Gasteiger partial charge in [-0.3, -0.25) is 21.2 Å². The number of aromatic nitrogens is 3. The van der Waals surface area contributed by atoms with Crippen LogP contribution >= 0.6 is 0 Å². The second kappa shape index (κ2) is 5.73. The molecule has 1 unspecified atom stereocenters. The van der Waals surface area contributed by atoms with E-state index in [0.29, 0.717) is 6.42 Å². The number of pyridine rings is 1. The molecule has 5 heteroatoms. The Balaban J connectivity index is 1.91. The molecule has 1 aromatic carbocycles. The van der Waals surface area contributed by atoms with Gasteiger partial charge in [-0.25, -0.2) is 4.98 Å². The topological polar surface area (TPSA) is 76.7 Å². The Kier molecular flexibility index (Phi) is 3.62. The highest BCUT2D eigenvalue weighted by Crippen LogP contribution is 2.17. The van der Waals surface area contributed by atoms with Crippen LogP contribution in [0, 0.1) is 0 Å². The molecule has 3 rings (SSSR count). The lowest BCUT2D eigenvalue weighted by molar-refractivity contribution is 0.532. The lowest BCUT2D eigenvalue weighted by Gasteiger charge is -2.15. The van der Waals surface area contributed by atoms with Gasteiger partial charge in [0.15, 0.2) is 0 Å². The molecule has 0 saturated heterocycles. The third kappa shape index (κ3) is 2.64.